The first kappa shape index (κ1) is 16.4. The second-order valence-electron chi connectivity index (χ2n) is 3.44. The normalized spacial score (nSPS) is 11.1. The Hall–Kier alpha value is -1.63. The molecule has 6 nitrogen and oxygen atoms in total. The molecule has 1 aromatic rings. The van der Waals surface area contributed by atoms with Gasteiger partial charge in [-0.25, -0.2) is 0 Å². The lowest BCUT2D eigenvalue weighted by atomic mass is 10.1. The van der Waals surface area contributed by atoms with Gasteiger partial charge in [-0.1, -0.05) is 12.1 Å². The Kier molecular flexibility index (Phi) is 8.55. The Labute approximate surface area is 106 Å². The molecule has 1 atom stereocenters. The minimum Gasteiger partial charge on any atom is -0.497 e. The number of aliphatic carboxylic acids is 1. The Balaban J connectivity index is 0.000000631. The topological polar surface area (TPSA) is 113 Å². The third-order valence-electron chi connectivity index (χ3n) is 2.03. The SMILES string of the molecule is COc1ccc(C[C@H](N)C(=O)O)cc1.OCCO. The maximum Gasteiger partial charge on any atom is 0.320 e. The summed E-state index contributed by atoms with van der Waals surface area (Å²) in [5.74, 6) is -0.238. The molecular weight excluding hydrogens is 238 g/mol. The highest BCUT2D eigenvalue weighted by Crippen LogP contribution is 2.12. The van der Waals surface area contributed by atoms with E-state index in [1.165, 1.54) is 0 Å². The van der Waals surface area contributed by atoms with Crippen molar-refractivity contribution in [3.05, 3.63) is 29.8 Å². The molecule has 0 radical (unpaired) electrons. The van der Waals surface area contributed by atoms with Gasteiger partial charge in [0.1, 0.15) is 11.8 Å². The van der Waals surface area contributed by atoms with Gasteiger partial charge in [-0.2, -0.15) is 0 Å². The van der Waals surface area contributed by atoms with E-state index in [9.17, 15) is 4.79 Å². The number of carboxylic acid groups (broad SMARTS) is 1. The molecule has 0 bridgehead atoms. The van der Waals surface area contributed by atoms with Crippen LogP contribution in [0, 0.1) is 0 Å². The lowest BCUT2D eigenvalue weighted by Gasteiger charge is -2.06. The van der Waals surface area contributed by atoms with Crippen molar-refractivity contribution in [2.75, 3.05) is 20.3 Å². The fourth-order valence-electron chi connectivity index (χ4n) is 1.10. The lowest BCUT2D eigenvalue weighted by Crippen LogP contribution is -2.32. The zero-order valence-electron chi connectivity index (χ0n) is 10.2. The van der Waals surface area contributed by atoms with Crippen molar-refractivity contribution in [2.45, 2.75) is 12.5 Å². The van der Waals surface area contributed by atoms with Gasteiger partial charge in [0.05, 0.1) is 20.3 Å². The molecule has 18 heavy (non-hydrogen) atoms. The summed E-state index contributed by atoms with van der Waals surface area (Å²) in [6, 6.07) is 6.33. The molecule has 0 amide bonds. The van der Waals surface area contributed by atoms with Crippen LogP contribution in [0.15, 0.2) is 24.3 Å². The molecule has 0 unspecified atom stereocenters. The Morgan fingerprint density at radius 2 is 1.78 bits per heavy atom. The first-order chi connectivity index (χ1) is 8.54. The van der Waals surface area contributed by atoms with Gasteiger partial charge >= 0.3 is 5.97 Å². The number of hydrogen-bond acceptors (Lipinski definition) is 5. The second-order valence-corrected chi connectivity index (χ2v) is 3.44. The number of aliphatic hydroxyl groups excluding tert-OH is 2. The molecule has 0 aliphatic heterocycles. The van der Waals surface area contributed by atoms with Crippen molar-refractivity contribution in [2.24, 2.45) is 5.73 Å². The van der Waals surface area contributed by atoms with Crippen LogP contribution in [0.1, 0.15) is 5.56 Å². The first-order valence-corrected chi connectivity index (χ1v) is 5.38. The van der Waals surface area contributed by atoms with Gasteiger partial charge in [-0.05, 0) is 24.1 Å². The lowest BCUT2D eigenvalue weighted by molar-refractivity contribution is -0.138. The zero-order chi connectivity index (χ0) is 14.0. The van der Waals surface area contributed by atoms with Gasteiger partial charge in [-0.3, -0.25) is 4.79 Å². The standard InChI is InChI=1S/C10H13NO3.C2H6O2/c1-14-8-4-2-7(3-5-8)6-9(11)10(12)13;3-1-2-4/h2-5,9H,6,11H2,1H3,(H,12,13);3-4H,1-2H2/t9-;/m0./s1. The van der Waals surface area contributed by atoms with Gasteiger partial charge in [0, 0.05) is 0 Å². The maximum absolute atomic E-state index is 10.5. The van der Waals surface area contributed by atoms with Crippen LogP contribution < -0.4 is 10.5 Å². The average molecular weight is 257 g/mol. The third kappa shape index (κ3) is 6.85. The molecule has 5 N–H and O–H groups in total. The summed E-state index contributed by atoms with van der Waals surface area (Å²) in [6.07, 6.45) is 0.333. The number of methoxy groups -OCH3 is 1. The van der Waals surface area contributed by atoms with Gasteiger partial charge in [0.25, 0.3) is 0 Å². The average Bonchev–Trinajstić information content (AvgIpc) is 2.39. The van der Waals surface area contributed by atoms with Gasteiger partial charge in [-0.15, -0.1) is 0 Å². The number of nitrogens with two attached hydrogens (primary N) is 1. The van der Waals surface area contributed by atoms with E-state index in [-0.39, 0.29) is 13.2 Å². The van der Waals surface area contributed by atoms with Crippen LogP contribution in [0.2, 0.25) is 0 Å². The summed E-state index contributed by atoms with van der Waals surface area (Å²) in [5.41, 5.74) is 6.28. The summed E-state index contributed by atoms with van der Waals surface area (Å²) in [4.78, 5) is 10.5. The van der Waals surface area contributed by atoms with E-state index in [4.69, 9.17) is 25.8 Å². The third-order valence-corrected chi connectivity index (χ3v) is 2.03. The number of ether oxygens (including phenoxy) is 1. The minimum atomic E-state index is -0.985. The van der Waals surface area contributed by atoms with E-state index < -0.39 is 12.0 Å². The number of carbonyl (C=O) groups is 1. The molecule has 6 heteroatoms. The number of hydrogen-bond donors (Lipinski definition) is 4. The molecule has 0 fully saturated rings. The number of aliphatic hydroxyl groups is 2. The smallest absolute Gasteiger partial charge is 0.320 e. The van der Waals surface area contributed by atoms with Crippen molar-refractivity contribution < 1.29 is 24.9 Å². The Morgan fingerprint density at radius 3 is 2.11 bits per heavy atom. The van der Waals surface area contributed by atoms with Gasteiger partial charge in [0.15, 0.2) is 0 Å². The molecule has 0 aliphatic rings. The molecular formula is C12H19NO5. The second kappa shape index (κ2) is 9.41. The maximum atomic E-state index is 10.5. The minimum absolute atomic E-state index is 0.125. The van der Waals surface area contributed by atoms with Crippen molar-refractivity contribution in [1.82, 2.24) is 0 Å². The van der Waals surface area contributed by atoms with Crippen LogP contribution in [0.5, 0.6) is 5.75 Å². The molecule has 1 aromatic carbocycles. The predicted octanol–water partition coefficient (Wildman–Crippen LogP) is -0.379. The van der Waals surface area contributed by atoms with E-state index in [1.54, 1.807) is 19.2 Å². The highest BCUT2D eigenvalue weighted by molar-refractivity contribution is 5.73. The van der Waals surface area contributed by atoms with Crippen LogP contribution in [0.25, 0.3) is 0 Å². The van der Waals surface area contributed by atoms with Gasteiger partial charge in [0.2, 0.25) is 0 Å². The van der Waals surface area contributed by atoms with Crippen LogP contribution in [0.4, 0.5) is 0 Å². The zero-order valence-corrected chi connectivity index (χ0v) is 10.2. The van der Waals surface area contributed by atoms with E-state index in [0.29, 0.717) is 6.42 Å². The van der Waals surface area contributed by atoms with Crippen molar-refractivity contribution >= 4 is 5.97 Å². The molecule has 102 valence electrons. The number of carboxylic acids is 1. The fourth-order valence-corrected chi connectivity index (χ4v) is 1.10. The highest BCUT2D eigenvalue weighted by atomic mass is 16.5. The van der Waals surface area contributed by atoms with E-state index in [0.717, 1.165) is 11.3 Å². The summed E-state index contributed by atoms with van der Waals surface area (Å²) in [6.45, 7) is -0.250. The quantitative estimate of drug-likeness (QED) is 0.572. The summed E-state index contributed by atoms with van der Waals surface area (Å²) >= 11 is 0. The van der Waals surface area contributed by atoms with Crippen molar-refractivity contribution in [3.8, 4) is 5.75 Å². The van der Waals surface area contributed by atoms with E-state index >= 15 is 0 Å². The van der Waals surface area contributed by atoms with Crippen LogP contribution >= 0.6 is 0 Å². The fraction of sp³-hybridized carbons (Fsp3) is 0.417. The molecule has 0 aromatic heterocycles. The molecule has 0 saturated carbocycles. The van der Waals surface area contributed by atoms with Crippen LogP contribution in [0.3, 0.4) is 0 Å². The Bertz CT molecular complexity index is 337. The Morgan fingerprint density at radius 1 is 1.28 bits per heavy atom. The van der Waals surface area contributed by atoms with Crippen molar-refractivity contribution in [3.63, 3.8) is 0 Å². The first-order valence-electron chi connectivity index (χ1n) is 5.38. The monoisotopic (exact) mass is 257 g/mol. The van der Waals surface area contributed by atoms with Gasteiger partial charge < -0.3 is 25.8 Å². The summed E-state index contributed by atoms with van der Waals surface area (Å²) < 4.78 is 4.97. The summed E-state index contributed by atoms with van der Waals surface area (Å²) in [5, 5.41) is 23.8. The van der Waals surface area contributed by atoms with E-state index in [2.05, 4.69) is 0 Å². The van der Waals surface area contributed by atoms with E-state index in [1.807, 2.05) is 12.1 Å². The number of benzene rings is 1. The predicted molar refractivity (Wildman–Crippen MR) is 66.5 cm³/mol. The number of rotatable bonds is 5. The molecule has 0 saturated heterocycles. The molecule has 1 rings (SSSR count). The molecule has 0 aliphatic carbocycles. The summed E-state index contributed by atoms with van der Waals surface area (Å²) in [7, 11) is 1.58. The largest absolute Gasteiger partial charge is 0.497 e. The molecule has 0 spiro atoms. The molecule has 0 heterocycles. The van der Waals surface area contributed by atoms with Crippen LogP contribution in [-0.4, -0.2) is 47.7 Å². The highest BCUT2D eigenvalue weighted by Gasteiger charge is 2.11. The van der Waals surface area contributed by atoms with Crippen molar-refractivity contribution in [1.29, 1.82) is 0 Å². The van der Waals surface area contributed by atoms with Crippen LogP contribution in [-0.2, 0) is 11.2 Å².